The van der Waals surface area contributed by atoms with Gasteiger partial charge in [-0.1, -0.05) is 48.0 Å². The Labute approximate surface area is 282 Å². The molecule has 7 nitrogen and oxygen atoms in total. The Balaban J connectivity index is 0.000000266. The molecule has 246 valence electrons. The maximum Gasteiger partial charge on any atom is 0.251 e. The molecule has 0 unspecified atom stereocenters. The number of sulfonamides is 1. The van der Waals surface area contributed by atoms with Gasteiger partial charge < -0.3 is 9.13 Å². The zero-order chi connectivity index (χ0) is 33.8. The van der Waals surface area contributed by atoms with E-state index in [2.05, 4.69) is 44.5 Å². The summed E-state index contributed by atoms with van der Waals surface area (Å²) < 4.78 is 62.3. The van der Waals surface area contributed by atoms with Crippen LogP contribution in [-0.4, -0.2) is 33.1 Å². The molecule has 2 aromatic carbocycles. The molecule has 1 N–H and O–H groups in total. The molecule has 0 spiro atoms. The Hall–Kier alpha value is -3.19. The number of hydrogen-bond acceptors (Lipinski definition) is 5. The number of imidazole rings is 2. The van der Waals surface area contributed by atoms with Crippen LogP contribution in [0.25, 0.3) is 11.1 Å². The van der Waals surface area contributed by atoms with E-state index in [0.717, 1.165) is 27.4 Å². The van der Waals surface area contributed by atoms with Gasteiger partial charge in [-0.15, -0.1) is 11.3 Å². The second kappa shape index (κ2) is 14.7. The smallest absolute Gasteiger partial charge is 0.251 e. The number of aromatic nitrogens is 4. The normalized spacial score (nSPS) is 12.0. The number of hydrogen-bond donors (Lipinski definition) is 1. The van der Waals surface area contributed by atoms with E-state index in [9.17, 15) is 17.2 Å². The molecule has 0 fully saturated rings. The molecule has 46 heavy (non-hydrogen) atoms. The topological polar surface area (TPSA) is 81.8 Å². The lowest BCUT2D eigenvalue weighted by Gasteiger charge is -2.20. The van der Waals surface area contributed by atoms with Crippen LogP contribution in [-0.2, 0) is 29.5 Å². The van der Waals surface area contributed by atoms with Crippen molar-refractivity contribution < 1.29 is 17.2 Å². The second-order valence-electron chi connectivity index (χ2n) is 12.6. The van der Waals surface area contributed by atoms with Gasteiger partial charge in [0.2, 0.25) is 0 Å². The Morgan fingerprint density at radius 3 is 1.89 bits per heavy atom. The van der Waals surface area contributed by atoms with Crippen LogP contribution in [0.5, 0.6) is 0 Å². The Morgan fingerprint density at radius 2 is 1.43 bits per heavy atom. The average Bonchev–Trinajstić information content (AvgIpc) is 3.66. The lowest BCUT2D eigenvalue weighted by atomic mass is 10.0. The van der Waals surface area contributed by atoms with Gasteiger partial charge in [0.15, 0.2) is 0 Å². The number of halogens is 3. The molecular formula is C34H40BrF2N5O2S2. The van der Waals surface area contributed by atoms with Crippen LogP contribution in [0.15, 0.2) is 75.9 Å². The summed E-state index contributed by atoms with van der Waals surface area (Å²) >= 11 is 4.49. The van der Waals surface area contributed by atoms with Gasteiger partial charge in [0.05, 0.1) is 13.1 Å². The summed E-state index contributed by atoms with van der Waals surface area (Å²) in [6, 6.07) is 11.9. The third kappa shape index (κ3) is 9.43. The van der Waals surface area contributed by atoms with Gasteiger partial charge in [0.25, 0.3) is 10.0 Å². The fraction of sp³-hybridized carbons (Fsp3) is 0.353. The quantitative estimate of drug-likeness (QED) is 0.165. The van der Waals surface area contributed by atoms with Crippen LogP contribution in [0.4, 0.5) is 8.78 Å². The molecule has 0 saturated heterocycles. The molecule has 0 radical (unpaired) electrons. The van der Waals surface area contributed by atoms with Gasteiger partial charge in [-0.25, -0.2) is 31.9 Å². The van der Waals surface area contributed by atoms with E-state index in [4.69, 9.17) is 0 Å². The first-order valence-electron chi connectivity index (χ1n) is 14.9. The summed E-state index contributed by atoms with van der Waals surface area (Å²) in [7, 11) is -3.75. The molecule has 0 amide bonds. The van der Waals surface area contributed by atoms with Gasteiger partial charge >= 0.3 is 0 Å². The third-order valence-electron chi connectivity index (χ3n) is 6.95. The van der Waals surface area contributed by atoms with Crippen molar-refractivity contribution in [2.45, 2.75) is 77.7 Å². The molecular weight excluding hydrogens is 692 g/mol. The summed E-state index contributed by atoms with van der Waals surface area (Å²) in [5.74, 6) is 1.51. The Bertz CT molecular complexity index is 1910. The number of nitrogens with zero attached hydrogens (tertiary/aromatic N) is 4. The minimum absolute atomic E-state index is 0.197. The molecule has 5 aromatic rings. The monoisotopic (exact) mass is 731 g/mol. The van der Waals surface area contributed by atoms with E-state index in [1.807, 2.05) is 47.5 Å². The minimum Gasteiger partial charge on any atom is -0.331 e. The van der Waals surface area contributed by atoms with Crippen molar-refractivity contribution in [3.05, 3.63) is 111 Å². The largest absolute Gasteiger partial charge is 0.331 e. The number of rotatable bonds is 9. The van der Waals surface area contributed by atoms with E-state index in [1.165, 1.54) is 23.5 Å². The summed E-state index contributed by atoms with van der Waals surface area (Å²) in [5.41, 5.74) is 1.68. The molecule has 0 atom stereocenters. The highest BCUT2D eigenvalue weighted by molar-refractivity contribution is 9.10. The van der Waals surface area contributed by atoms with Crippen LogP contribution in [0.2, 0.25) is 0 Å². The second-order valence-corrected chi connectivity index (χ2v) is 16.5. The fourth-order valence-electron chi connectivity index (χ4n) is 4.78. The zero-order valence-electron chi connectivity index (χ0n) is 27.1. The maximum atomic E-state index is 15.0. The highest BCUT2D eigenvalue weighted by Gasteiger charge is 2.28. The van der Waals surface area contributed by atoms with Crippen LogP contribution in [0.1, 0.15) is 62.3 Å². The van der Waals surface area contributed by atoms with Gasteiger partial charge in [0.1, 0.15) is 27.5 Å². The van der Waals surface area contributed by atoms with Crippen LogP contribution >= 0.6 is 27.3 Å². The predicted molar refractivity (Wildman–Crippen MR) is 185 cm³/mol. The summed E-state index contributed by atoms with van der Waals surface area (Å²) in [4.78, 5) is 9.23. The lowest BCUT2D eigenvalue weighted by molar-refractivity contribution is 0.492. The van der Waals surface area contributed by atoms with Crippen LogP contribution in [0, 0.1) is 31.4 Å². The van der Waals surface area contributed by atoms with Crippen molar-refractivity contribution in [3.63, 3.8) is 0 Å². The molecule has 0 aliphatic heterocycles. The standard InChI is InChI=1S/C23H30FN3O2S2.C11H10BrFN2/c1-15(2)11-19-13-20(22(30-19)31(28,29)26-23(4,5)6)17-7-8-18(21(24)12-17)14-27-10-9-25-16(27)3;1-8-14-4-5-15(8)7-9-2-3-10(12)6-11(9)13/h7-10,12-13,15,26H,11,14H2,1-6H3;2-6H,7H2,1H3. The Kier molecular flexibility index (Phi) is 11.4. The van der Waals surface area contributed by atoms with Gasteiger partial charge in [-0.3, -0.25) is 0 Å². The van der Waals surface area contributed by atoms with Crippen molar-refractivity contribution in [2.75, 3.05) is 0 Å². The molecule has 3 heterocycles. The molecule has 3 aromatic heterocycles. The molecule has 12 heteroatoms. The van der Waals surface area contributed by atoms with Gasteiger partial charge in [-0.05, 0) is 76.8 Å². The highest BCUT2D eigenvalue weighted by Crippen LogP contribution is 2.37. The van der Waals surface area contributed by atoms with E-state index < -0.39 is 15.6 Å². The van der Waals surface area contributed by atoms with E-state index in [0.29, 0.717) is 41.3 Å². The number of thiophene rings is 1. The van der Waals surface area contributed by atoms with Gasteiger partial charge in [-0.2, -0.15) is 0 Å². The van der Waals surface area contributed by atoms with Crippen molar-refractivity contribution in [1.29, 1.82) is 0 Å². The maximum absolute atomic E-state index is 15.0. The molecule has 0 bridgehead atoms. The summed E-state index contributed by atoms with van der Waals surface area (Å²) in [6.07, 6.45) is 7.82. The van der Waals surface area contributed by atoms with Gasteiger partial charge in [0, 0.05) is 56.4 Å². The first kappa shape index (κ1) is 35.7. The summed E-state index contributed by atoms with van der Waals surface area (Å²) in [5, 5.41) is 0. The van der Waals surface area contributed by atoms with E-state index >= 15 is 0 Å². The molecule has 5 rings (SSSR count). The lowest BCUT2D eigenvalue weighted by Crippen LogP contribution is -2.40. The number of nitrogens with one attached hydrogen (secondary N) is 1. The van der Waals surface area contributed by atoms with Crippen molar-refractivity contribution >= 4 is 37.3 Å². The SMILES string of the molecule is Cc1nccn1Cc1ccc(-c2cc(CC(C)C)sc2S(=O)(=O)NC(C)(C)C)cc1F.Cc1nccn1Cc1ccc(Br)cc1F. The van der Waals surface area contributed by atoms with Crippen molar-refractivity contribution in [2.24, 2.45) is 5.92 Å². The summed E-state index contributed by atoms with van der Waals surface area (Å²) in [6.45, 7) is 14.3. The van der Waals surface area contributed by atoms with E-state index in [-0.39, 0.29) is 15.8 Å². The average molecular weight is 733 g/mol. The highest BCUT2D eigenvalue weighted by atomic mass is 79.9. The van der Waals surface area contributed by atoms with Crippen molar-refractivity contribution in [3.8, 4) is 11.1 Å². The first-order chi connectivity index (χ1) is 21.5. The molecule has 0 saturated carbocycles. The first-order valence-corrected chi connectivity index (χ1v) is 18.0. The van der Waals surface area contributed by atoms with Crippen molar-refractivity contribution in [1.82, 2.24) is 23.8 Å². The number of benzene rings is 2. The molecule has 0 aliphatic rings. The third-order valence-corrected chi connectivity index (χ3v) is 10.9. The minimum atomic E-state index is -3.75. The fourth-order valence-corrected chi connectivity index (χ4v) is 8.48. The zero-order valence-corrected chi connectivity index (χ0v) is 30.3. The Morgan fingerprint density at radius 1 is 0.891 bits per heavy atom. The van der Waals surface area contributed by atoms with E-state index in [1.54, 1.807) is 51.4 Å². The molecule has 0 aliphatic carbocycles. The number of aryl methyl sites for hydroxylation is 2. The predicted octanol–water partition coefficient (Wildman–Crippen LogP) is 8.52. The van der Waals surface area contributed by atoms with Crippen LogP contribution in [0.3, 0.4) is 0 Å². The van der Waals surface area contributed by atoms with Crippen LogP contribution < -0.4 is 4.72 Å².